The zero-order valence-corrected chi connectivity index (χ0v) is 13.0. The molecule has 1 amide bonds. The lowest BCUT2D eigenvalue weighted by Crippen LogP contribution is -2.43. The van der Waals surface area contributed by atoms with Crippen LogP contribution < -0.4 is 5.32 Å². The first-order valence-electron chi connectivity index (χ1n) is 7.47. The standard InChI is InChI=1S/C15H26N4O/c1-11-7-12(2)10-19(9-11)6-5-16-15(20)14-8-13(3)17-18(14)4/h8,11-12H,5-7,9-10H2,1-4H3,(H,16,20)/t11-,12-/m0/s1. The third kappa shape index (κ3) is 3.82. The Morgan fingerprint density at radius 2 is 2.05 bits per heavy atom. The number of hydrogen-bond acceptors (Lipinski definition) is 3. The summed E-state index contributed by atoms with van der Waals surface area (Å²) in [4.78, 5) is 14.5. The van der Waals surface area contributed by atoms with Crippen molar-refractivity contribution in [2.45, 2.75) is 27.2 Å². The Morgan fingerprint density at radius 3 is 2.60 bits per heavy atom. The van der Waals surface area contributed by atoms with Crippen molar-refractivity contribution in [3.8, 4) is 0 Å². The average Bonchev–Trinajstić information content (AvgIpc) is 2.67. The Hall–Kier alpha value is -1.36. The third-order valence-corrected chi connectivity index (χ3v) is 3.89. The van der Waals surface area contributed by atoms with Gasteiger partial charge >= 0.3 is 0 Å². The van der Waals surface area contributed by atoms with Crippen molar-refractivity contribution in [3.05, 3.63) is 17.5 Å². The van der Waals surface area contributed by atoms with Crippen LogP contribution in [0.3, 0.4) is 0 Å². The van der Waals surface area contributed by atoms with E-state index in [0.29, 0.717) is 12.2 Å². The minimum absolute atomic E-state index is 0.0359. The molecule has 1 saturated heterocycles. The molecule has 2 atom stereocenters. The zero-order chi connectivity index (χ0) is 14.7. The van der Waals surface area contributed by atoms with Crippen molar-refractivity contribution in [2.24, 2.45) is 18.9 Å². The van der Waals surface area contributed by atoms with Crippen LogP contribution in [-0.2, 0) is 7.05 Å². The number of nitrogens with zero attached hydrogens (tertiary/aromatic N) is 3. The van der Waals surface area contributed by atoms with Gasteiger partial charge in [0.15, 0.2) is 0 Å². The fourth-order valence-electron chi connectivity index (χ4n) is 3.22. The number of amides is 1. The van der Waals surface area contributed by atoms with Gasteiger partial charge in [-0.15, -0.1) is 0 Å². The summed E-state index contributed by atoms with van der Waals surface area (Å²) in [7, 11) is 1.80. The molecule has 5 nitrogen and oxygen atoms in total. The average molecular weight is 278 g/mol. The van der Waals surface area contributed by atoms with Gasteiger partial charge in [0.25, 0.3) is 5.91 Å². The fraction of sp³-hybridized carbons (Fsp3) is 0.733. The van der Waals surface area contributed by atoms with Gasteiger partial charge in [0.2, 0.25) is 0 Å². The molecule has 1 aromatic heterocycles. The topological polar surface area (TPSA) is 50.2 Å². The largest absolute Gasteiger partial charge is 0.349 e. The highest BCUT2D eigenvalue weighted by molar-refractivity contribution is 5.92. The van der Waals surface area contributed by atoms with Gasteiger partial charge in [-0.05, 0) is 31.2 Å². The first kappa shape index (κ1) is 15.0. The van der Waals surface area contributed by atoms with Crippen LogP contribution in [0.15, 0.2) is 6.07 Å². The number of aryl methyl sites for hydroxylation is 2. The summed E-state index contributed by atoms with van der Waals surface area (Å²) < 4.78 is 1.63. The van der Waals surface area contributed by atoms with Crippen molar-refractivity contribution in [3.63, 3.8) is 0 Å². The van der Waals surface area contributed by atoms with Crippen LogP contribution in [0.5, 0.6) is 0 Å². The fourth-order valence-corrected chi connectivity index (χ4v) is 3.22. The molecule has 20 heavy (non-hydrogen) atoms. The first-order valence-corrected chi connectivity index (χ1v) is 7.47. The van der Waals surface area contributed by atoms with Gasteiger partial charge in [0, 0.05) is 33.2 Å². The Kier molecular flexibility index (Phi) is 4.81. The van der Waals surface area contributed by atoms with Gasteiger partial charge in [-0.2, -0.15) is 5.10 Å². The van der Waals surface area contributed by atoms with Gasteiger partial charge in [0.05, 0.1) is 5.69 Å². The predicted octanol–water partition coefficient (Wildman–Crippen LogP) is 1.44. The van der Waals surface area contributed by atoms with E-state index >= 15 is 0 Å². The van der Waals surface area contributed by atoms with Gasteiger partial charge in [0.1, 0.15) is 5.69 Å². The summed E-state index contributed by atoms with van der Waals surface area (Å²) in [5, 5.41) is 7.18. The highest BCUT2D eigenvalue weighted by atomic mass is 16.2. The molecule has 1 aliphatic heterocycles. The van der Waals surface area contributed by atoms with E-state index in [1.54, 1.807) is 11.7 Å². The summed E-state index contributed by atoms with van der Waals surface area (Å²) in [6.07, 6.45) is 1.32. The highest BCUT2D eigenvalue weighted by Gasteiger charge is 2.21. The second-order valence-corrected chi connectivity index (χ2v) is 6.26. The van der Waals surface area contributed by atoms with Crippen molar-refractivity contribution in [2.75, 3.05) is 26.2 Å². The Morgan fingerprint density at radius 1 is 1.40 bits per heavy atom. The van der Waals surface area contributed by atoms with Crippen molar-refractivity contribution >= 4 is 5.91 Å². The van der Waals surface area contributed by atoms with Crippen molar-refractivity contribution in [1.82, 2.24) is 20.0 Å². The molecule has 5 heteroatoms. The number of carbonyl (C=O) groups excluding carboxylic acids is 1. The quantitative estimate of drug-likeness (QED) is 0.906. The maximum Gasteiger partial charge on any atom is 0.269 e. The van der Waals surface area contributed by atoms with Crippen LogP contribution in [0, 0.1) is 18.8 Å². The lowest BCUT2D eigenvalue weighted by molar-refractivity contribution is 0.0927. The Balaban J connectivity index is 1.78. The molecule has 2 rings (SSSR count). The lowest BCUT2D eigenvalue weighted by Gasteiger charge is -2.34. The summed E-state index contributed by atoms with van der Waals surface area (Å²) in [5.41, 5.74) is 1.50. The van der Waals surface area contributed by atoms with Crippen LogP contribution in [0.4, 0.5) is 0 Å². The second kappa shape index (κ2) is 6.39. The molecule has 1 N–H and O–H groups in total. The molecule has 0 unspecified atom stereocenters. The van der Waals surface area contributed by atoms with Gasteiger partial charge < -0.3 is 10.2 Å². The minimum atomic E-state index is -0.0359. The molecule has 1 aliphatic rings. The monoisotopic (exact) mass is 278 g/mol. The van der Waals surface area contributed by atoms with E-state index in [-0.39, 0.29) is 5.91 Å². The summed E-state index contributed by atoms with van der Waals surface area (Å²) in [6, 6.07) is 1.82. The minimum Gasteiger partial charge on any atom is -0.349 e. The smallest absolute Gasteiger partial charge is 0.269 e. The first-order chi connectivity index (χ1) is 9.45. The van der Waals surface area contributed by atoms with Crippen molar-refractivity contribution < 1.29 is 4.79 Å². The molecule has 0 aromatic carbocycles. The zero-order valence-electron chi connectivity index (χ0n) is 13.0. The van der Waals surface area contributed by atoms with Crippen LogP contribution in [-0.4, -0.2) is 46.8 Å². The van der Waals surface area contributed by atoms with E-state index in [9.17, 15) is 4.79 Å². The Labute approximate surface area is 121 Å². The molecule has 1 fully saturated rings. The molecular formula is C15H26N4O. The summed E-state index contributed by atoms with van der Waals surface area (Å²) in [5.74, 6) is 1.48. The lowest BCUT2D eigenvalue weighted by atomic mass is 9.92. The number of nitrogens with one attached hydrogen (secondary N) is 1. The Bertz CT molecular complexity index is 458. The third-order valence-electron chi connectivity index (χ3n) is 3.89. The van der Waals surface area contributed by atoms with E-state index < -0.39 is 0 Å². The van der Waals surface area contributed by atoms with Crippen LogP contribution in [0.25, 0.3) is 0 Å². The van der Waals surface area contributed by atoms with E-state index in [0.717, 1.165) is 37.2 Å². The number of likely N-dealkylation sites (tertiary alicyclic amines) is 1. The molecule has 0 radical (unpaired) electrons. The highest BCUT2D eigenvalue weighted by Crippen LogP contribution is 2.20. The molecular weight excluding hydrogens is 252 g/mol. The van der Waals surface area contributed by atoms with Crippen LogP contribution >= 0.6 is 0 Å². The summed E-state index contributed by atoms with van der Waals surface area (Å²) in [6.45, 7) is 10.4. The van der Waals surface area contributed by atoms with Crippen LogP contribution in [0.1, 0.15) is 36.5 Å². The number of hydrogen-bond donors (Lipinski definition) is 1. The van der Waals surface area contributed by atoms with E-state index in [2.05, 4.69) is 29.2 Å². The van der Waals surface area contributed by atoms with E-state index in [1.807, 2.05) is 13.0 Å². The predicted molar refractivity (Wildman–Crippen MR) is 79.7 cm³/mol. The van der Waals surface area contributed by atoms with Crippen LogP contribution in [0.2, 0.25) is 0 Å². The van der Waals surface area contributed by atoms with Gasteiger partial charge in [-0.3, -0.25) is 9.48 Å². The number of carbonyl (C=O) groups is 1. The molecule has 0 saturated carbocycles. The maximum atomic E-state index is 12.1. The molecule has 0 aliphatic carbocycles. The molecule has 1 aromatic rings. The molecule has 0 spiro atoms. The van der Waals surface area contributed by atoms with Gasteiger partial charge in [-0.1, -0.05) is 13.8 Å². The molecule has 2 heterocycles. The number of aromatic nitrogens is 2. The maximum absolute atomic E-state index is 12.1. The normalized spacial score (nSPS) is 23.8. The van der Waals surface area contributed by atoms with E-state index in [1.165, 1.54) is 6.42 Å². The second-order valence-electron chi connectivity index (χ2n) is 6.26. The summed E-state index contributed by atoms with van der Waals surface area (Å²) >= 11 is 0. The number of rotatable bonds is 4. The van der Waals surface area contributed by atoms with E-state index in [4.69, 9.17) is 0 Å². The molecule has 0 bridgehead atoms. The SMILES string of the molecule is Cc1cc(C(=O)NCCN2C[C@@H](C)C[C@H](C)C2)n(C)n1. The van der Waals surface area contributed by atoms with Gasteiger partial charge in [-0.25, -0.2) is 0 Å². The number of piperidine rings is 1. The van der Waals surface area contributed by atoms with Crippen molar-refractivity contribution in [1.29, 1.82) is 0 Å². The molecule has 112 valence electrons.